The van der Waals surface area contributed by atoms with Gasteiger partial charge < -0.3 is 11.1 Å². The lowest BCUT2D eigenvalue weighted by Crippen LogP contribution is -1.96. The van der Waals surface area contributed by atoms with Gasteiger partial charge in [0.25, 0.3) is 5.76 Å². The number of hydrogen-bond donors (Lipinski definition) is 2. The van der Waals surface area contributed by atoms with Crippen LogP contribution in [0.1, 0.15) is 0 Å². The van der Waals surface area contributed by atoms with Gasteiger partial charge in [0.2, 0.25) is 0 Å². The van der Waals surface area contributed by atoms with E-state index in [1.165, 1.54) is 0 Å². The van der Waals surface area contributed by atoms with Crippen LogP contribution in [0.3, 0.4) is 0 Å². The van der Waals surface area contributed by atoms with Gasteiger partial charge in [-0.2, -0.15) is 8.78 Å². The van der Waals surface area contributed by atoms with Crippen LogP contribution >= 0.6 is 35.0 Å². The fourth-order valence-electron chi connectivity index (χ4n) is 1.62. The largest absolute Gasteiger partial charge is 0.399 e. The highest BCUT2D eigenvalue weighted by atomic mass is 35.5. The van der Waals surface area contributed by atoms with Crippen molar-refractivity contribution >= 4 is 52.0 Å². The van der Waals surface area contributed by atoms with Gasteiger partial charge in [0.05, 0.1) is 21.4 Å². The number of rotatable bonds is 4. The van der Waals surface area contributed by atoms with Crippen molar-refractivity contribution in [1.29, 1.82) is 0 Å². The maximum absolute atomic E-state index is 12.5. The van der Waals surface area contributed by atoms with Gasteiger partial charge in [0.15, 0.2) is 0 Å². The number of hydrogen-bond acceptors (Lipinski definition) is 3. The molecule has 0 unspecified atom stereocenters. The zero-order valence-corrected chi connectivity index (χ0v) is 12.4. The van der Waals surface area contributed by atoms with E-state index in [2.05, 4.69) is 5.32 Å². The van der Waals surface area contributed by atoms with E-state index in [1.807, 2.05) is 0 Å². The van der Waals surface area contributed by atoms with E-state index < -0.39 is 5.76 Å². The van der Waals surface area contributed by atoms with Gasteiger partial charge in [-0.05, 0) is 24.3 Å². The number of anilines is 3. The van der Waals surface area contributed by atoms with Crippen molar-refractivity contribution in [3.8, 4) is 0 Å². The van der Waals surface area contributed by atoms with Crippen molar-refractivity contribution in [2.45, 2.75) is 10.7 Å². The minimum atomic E-state index is -2.50. The van der Waals surface area contributed by atoms with Gasteiger partial charge in [0, 0.05) is 10.6 Å². The van der Waals surface area contributed by atoms with Crippen LogP contribution in [0.5, 0.6) is 0 Å². The number of para-hydroxylation sites is 1. The van der Waals surface area contributed by atoms with Crippen molar-refractivity contribution in [3.63, 3.8) is 0 Å². The molecule has 106 valence electrons. The minimum absolute atomic E-state index is 0.326. The number of thioether (sulfide) groups is 1. The van der Waals surface area contributed by atoms with Gasteiger partial charge in [-0.1, -0.05) is 47.1 Å². The van der Waals surface area contributed by atoms with Crippen molar-refractivity contribution in [3.05, 3.63) is 46.4 Å². The lowest BCUT2D eigenvalue weighted by atomic mass is 10.2. The Labute approximate surface area is 129 Å². The van der Waals surface area contributed by atoms with Crippen molar-refractivity contribution in [2.75, 3.05) is 11.1 Å². The zero-order valence-electron chi connectivity index (χ0n) is 10.0. The Kier molecular flexibility index (Phi) is 4.96. The Morgan fingerprint density at radius 1 is 1.10 bits per heavy atom. The van der Waals surface area contributed by atoms with E-state index in [4.69, 9.17) is 28.9 Å². The van der Waals surface area contributed by atoms with Crippen LogP contribution < -0.4 is 11.1 Å². The number of alkyl halides is 2. The molecule has 0 saturated heterocycles. The molecule has 0 radical (unpaired) electrons. The van der Waals surface area contributed by atoms with Crippen LogP contribution in [0.15, 0.2) is 41.3 Å². The molecule has 0 aliphatic carbocycles. The second-order valence-corrected chi connectivity index (χ2v) is 5.71. The third-order valence-corrected chi connectivity index (χ3v) is 3.81. The topological polar surface area (TPSA) is 38.0 Å². The molecule has 0 bridgehead atoms. The molecule has 0 amide bonds. The molecule has 2 nitrogen and oxygen atoms in total. The summed E-state index contributed by atoms with van der Waals surface area (Å²) in [6.45, 7) is 0. The fraction of sp³-hybridized carbons (Fsp3) is 0.0769. The average Bonchev–Trinajstić information content (AvgIpc) is 2.34. The number of nitrogen functional groups attached to an aromatic ring is 1. The lowest BCUT2D eigenvalue weighted by molar-refractivity contribution is 0.252. The molecule has 0 fully saturated rings. The third-order valence-electron chi connectivity index (χ3n) is 2.43. The normalized spacial score (nSPS) is 10.8. The Morgan fingerprint density at radius 2 is 1.70 bits per heavy atom. The quantitative estimate of drug-likeness (QED) is 0.561. The highest BCUT2D eigenvalue weighted by molar-refractivity contribution is 7.99. The first-order chi connectivity index (χ1) is 9.47. The molecule has 0 spiro atoms. The highest BCUT2D eigenvalue weighted by Crippen LogP contribution is 2.38. The summed E-state index contributed by atoms with van der Waals surface area (Å²) in [6.07, 6.45) is 0. The lowest BCUT2D eigenvalue weighted by Gasteiger charge is -2.14. The van der Waals surface area contributed by atoms with Gasteiger partial charge in [-0.15, -0.1) is 0 Å². The summed E-state index contributed by atoms with van der Waals surface area (Å²) in [6, 6.07) is 9.77. The molecule has 2 aromatic carbocycles. The Morgan fingerprint density at radius 3 is 2.30 bits per heavy atom. The number of halogens is 4. The molecular formula is C13H10Cl2F2N2S. The summed E-state index contributed by atoms with van der Waals surface area (Å²) in [5, 5.41) is 3.62. The molecule has 2 aromatic rings. The summed E-state index contributed by atoms with van der Waals surface area (Å²) in [5.41, 5.74) is 6.99. The predicted octanol–water partition coefficient (Wildman–Crippen LogP) is 5.63. The Hall–Kier alpha value is -1.17. The fourth-order valence-corrected chi connectivity index (χ4v) is 2.81. The van der Waals surface area contributed by atoms with E-state index >= 15 is 0 Å². The van der Waals surface area contributed by atoms with Gasteiger partial charge >= 0.3 is 0 Å². The van der Waals surface area contributed by atoms with Crippen LogP contribution in [0.2, 0.25) is 10.0 Å². The van der Waals surface area contributed by atoms with Crippen LogP contribution in [0.4, 0.5) is 25.8 Å². The number of benzene rings is 2. The molecule has 0 aliphatic heterocycles. The molecule has 0 aliphatic rings. The van der Waals surface area contributed by atoms with Crippen molar-refractivity contribution in [1.82, 2.24) is 0 Å². The molecule has 3 N–H and O–H groups in total. The molecule has 0 saturated carbocycles. The van der Waals surface area contributed by atoms with E-state index in [1.54, 1.807) is 36.4 Å². The van der Waals surface area contributed by atoms with E-state index in [0.29, 0.717) is 43.8 Å². The molecular weight excluding hydrogens is 325 g/mol. The first kappa shape index (κ1) is 15.2. The molecule has 2 rings (SSSR count). The maximum atomic E-state index is 12.5. The first-order valence-electron chi connectivity index (χ1n) is 5.52. The Balaban J connectivity index is 2.35. The standard InChI is InChI=1S/C13H10Cl2F2N2S/c14-8-5-7(18)6-9(15)12(8)19-10-3-1-2-4-11(10)20-13(16)17/h1-6,13,19H,18H2. The molecule has 7 heteroatoms. The zero-order chi connectivity index (χ0) is 14.7. The second kappa shape index (κ2) is 6.52. The SMILES string of the molecule is Nc1cc(Cl)c(Nc2ccccc2SC(F)F)c(Cl)c1. The maximum Gasteiger partial charge on any atom is 0.288 e. The van der Waals surface area contributed by atoms with Crippen LogP contribution in [0, 0.1) is 0 Å². The summed E-state index contributed by atoms with van der Waals surface area (Å²) < 4.78 is 25.0. The summed E-state index contributed by atoms with van der Waals surface area (Å²) >= 11 is 12.6. The molecule has 20 heavy (non-hydrogen) atoms. The number of nitrogens with one attached hydrogen (secondary N) is 1. The highest BCUT2D eigenvalue weighted by Gasteiger charge is 2.13. The monoisotopic (exact) mass is 334 g/mol. The third kappa shape index (κ3) is 3.69. The summed E-state index contributed by atoms with van der Waals surface area (Å²) in [5.74, 6) is -2.50. The van der Waals surface area contributed by atoms with Crippen LogP contribution in [-0.4, -0.2) is 5.76 Å². The minimum Gasteiger partial charge on any atom is -0.399 e. The summed E-state index contributed by atoms with van der Waals surface area (Å²) in [4.78, 5) is 0.409. The van der Waals surface area contributed by atoms with Gasteiger partial charge in [-0.25, -0.2) is 0 Å². The van der Waals surface area contributed by atoms with Crippen molar-refractivity contribution in [2.24, 2.45) is 0 Å². The average molecular weight is 335 g/mol. The van der Waals surface area contributed by atoms with Gasteiger partial charge in [0.1, 0.15) is 0 Å². The predicted molar refractivity (Wildman–Crippen MR) is 82.5 cm³/mol. The van der Waals surface area contributed by atoms with E-state index in [9.17, 15) is 8.78 Å². The smallest absolute Gasteiger partial charge is 0.288 e. The second-order valence-electron chi connectivity index (χ2n) is 3.86. The van der Waals surface area contributed by atoms with E-state index in [0.717, 1.165) is 0 Å². The molecule has 0 aromatic heterocycles. The van der Waals surface area contributed by atoms with E-state index in [-0.39, 0.29) is 0 Å². The molecule has 0 heterocycles. The molecule has 0 atom stereocenters. The van der Waals surface area contributed by atoms with Crippen LogP contribution in [0.25, 0.3) is 0 Å². The van der Waals surface area contributed by atoms with Crippen LogP contribution in [-0.2, 0) is 0 Å². The summed E-state index contributed by atoms with van der Waals surface area (Å²) in [7, 11) is 0. The number of nitrogens with two attached hydrogens (primary N) is 1. The Bertz CT molecular complexity index is 600. The van der Waals surface area contributed by atoms with Crippen molar-refractivity contribution < 1.29 is 8.78 Å². The first-order valence-corrected chi connectivity index (χ1v) is 7.16. The van der Waals surface area contributed by atoms with Gasteiger partial charge in [-0.3, -0.25) is 0 Å².